The number of aromatic nitrogens is 1. The minimum absolute atomic E-state index is 0.762. The smallest absolute Gasteiger partial charge is 0.107 e. The van der Waals surface area contributed by atoms with E-state index in [0.29, 0.717) is 0 Å². The first-order chi connectivity index (χ1) is 8.90. The lowest BCUT2D eigenvalue weighted by Crippen LogP contribution is -2.14. The van der Waals surface area contributed by atoms with E-state index in [4.69, 9.17) is 4.98 Å². The van der Waals surface area contributed by atoms with Crippen molar-refractivity contribution in [2.24, 2.45) is 0 Å². The zero-order valence-corrected chi connectivity index (χ0v) is 11.1. The summed E-state index contributed by atoms with van der Waals surface area (Å²) in [6.07, 6.45) is 5.01. The van der Waals surface area contributed by atoms with Crippen molar-refractivity contribution in [1.82, 2.24) is 10.3 Å². The van der Waals surface area contributed by atoms with Gasteiger partial charge in [-0.15, -0.1) is 11.3 Å². The quantitative estimate of drug-likeness (QED) is 0.912. The summed E-state index contributed by atoms with van der Waals surface area (Å²) in [7, 11) is 0. The number of fused-ring (bicyclic) bond motifs is 3. The summed E-state index contributed by atoms with van der Waals surface area (Å²) >= 11 is 1.90. The Labute approximate surface area is 111 Å². The van der Waals surface area contributed by atoms with Crippen LogP contribution in [0.5, 0.6) is 0 Å². The fourth-order valence-electron chi connectivity index (χ4n) is 2.59. The van der Waals surface area contributed by atoms with E-state index < -0.39 is 0 Å². The van der Waals surface area contributed by atoms with Crippen molar-refractivity contribution in [2.75, 3.05) is 0 Å². The highest BCUT2D eigenvalue weighted by Crippen LogP contribution is 2.36. The van der Waals surface area contributed by atoms with Crippen molar-refractivity contribution in [1.29, 1.82) is 0 Å². The third-order valence-electron chi connectivity index (χ3n) is 3.75. The molecule has 4 rings (SSSR count). The average molecular weight is 256 g/mol. The van der Waals surface area contributed by atoms with Gasteiger partial charge in [0.2, 0.25) is 0 Å². The highest BCUT2D eigenvalue weighted by Gasteiger charge is 2.23. The van der Waals surface area contributed by atoms with Crippen LogP contribution in [-0.4, -0.2) is 11.0 Å². The van der Waals surface area contributed by atoms with Gasteiger partial charge in [0.1, 0.15) is 5.01 Å². The third kappa shape index (κ3) is 1.88. The molecule has 1 aromatic heterocycles. The molecule has 0 radical (unpaired) electrons. The van der Waals surface area contributed by atoms with Crippen molar-refractivity contribution in [3.8, 4) is 11.3 Å². The first-order valence-corrected chi connectivity index (χ1v) is 7.52. The molecular formula is C15H16N2S. The molecule has 0 bridgehead atoms. The van der Waals surface area contributed by atoms with Gasteiger partial charge in [0.25, 0.3) is 0 Å². The van der Waals surface area contributed by atoms with Crippen LogP contribution in [0.2, 0.25) is 0 Å². The van der Waals surface area contributed by atoms with Crippen LogP contribution >= 0.6 is 11.3 Å². The lowest BCUT2D eigenvalue weighted by atomic mass is 9.94. The Morgan fingerprint density at radius 3 is 3.00 bits per heavy atom. The van der Waals surface area contributed by atoms with Crippen LogP contribution in [0.4, 0.5) is 0 Å². The van der Waals surface area contributed by atoms with Gasteiger partial charge in [-0.1, -0.05) is 24.3 Å². The van der Waals surface area contributed by atoms with E-state index in [9.17, 15) is 0 Å². The Hall–Kier alpha value is -1.19. The lowest BCUT2D eigenvalue weighted by molar-refractivity contribution is 0.685. The Bertz CT molecular complexity index is 584. The Morgan fingerprint density at radius 1 is 1.22 bits per heavy atom. The van der Waals surface area contributed by atoms with Crippen LogP contribution < -0.4 is 5.32 Å². The van der Waals surface area contributed by atoms with Gasteiger partial charge in [-0.3, -0.25) is 0 Å². The molecule has 1 saturated carbocycles. The van der Waals surface area contributed by atoms with E-state index in [1.165, 1.54) is 46.0 Å². The molecule has 0 spiro atoms. The zero-order valence-electron chi connectivity index (χ0n) is 10.3. The summed E-state index contributed by atoms with van der Waals surface area (Å²) in [4.78, 5) is 6.32. The number of benzene rings is 1. The van der Waals surface area contributed by atoms with E-state index in [-0.39, 0.29) is 0 Å². The first-order valence-electron chi connectivity index (χ1n) is 6.70. The van der Waals surface area contributed by atoms with E-state index in [1.807, 2.05) is 11.3 Å². The van der Waals surface area contributed by atoms with Gasteiger partial charge in [-0.25, -0.2) is 4.98 Å². The van der Waals surface area contributed by atoms with E-state index in [0.717, 1.165) is 19.0 Å². The molecule has 2 aromatic rings. The van der Waals surface area contributed by atoms with Gasteiger partial charge in [-0.2, -0.15) is 0 Å². The molecule has 0 unspecified atom stereocenters. The molecule has 0 saturated heterocycles. The number of nitrogens with one attached hydrogen (secondary N) is 1. The standard InChI is InChI=1S/C15H16N2S/c1-2-4-12-10(3-1)5-8-13-15(12)17-14(18-13)9-16-11-6-7-11/h1-4,11,16H,5-9H2. The van der Waals surface area contributed by atoms with Gasteiger partial charge in [0, 0.05) is 23.0 Å². The number of aryl methyl sites for hydroxylation is 2. The topological polar surface area (TPSA) is 24.9 Å². The van der Waals surface area contributed by atoms with Crippen LogP contribution in [-0.2, 0) is 19.4 Å². The molecule has 1 aromatic carbocycles. The maximum Gasteiger partial charge on any atom is 0.107 e. The van der Waals surface area contributed by atoms with Crippen molar-refractivity contribution >= 4 is 11.3 Å². The first kappa shape index (κ1) is 10.7. The SMILES string of the molecule is c1ccc2c(c1)CCc1sc(CNC3CC3)nc1-2. The molecular weight excluding hydrogens is 240 g/mol. The van der Waals surface area contributed by atoms with Gasteiger partial charge < -0.3 is 5.32 Å². The summed E-state index contributed by atoms with van der Waals surface area (Å²) < 4.78 is 0. The van der Waals surface area contributed by atoms with Crippen molar-refractivity contribution in [3.63, 3.8) is 0 Å². The van der Waals surface area contributed by atoms with Crippen molar-refractivity contribution in [3.05, 3.63) is 39.7 Å². The molecule has 3 heteroatoms. The molecule has 1 heterocycles. The summed E-state index contributed by atoms with van der Waals surface area (Å²) in [5.74, 6) is 0. The summed E-state index contributed by atoms with van der Waals surface area (Å²) in [5.41, 5.74) is 4.05. The maximum absolute atomic E-state index is 4.85. The summed E-state index contributed by atoms with van der Waals surface area (Å²) in [5, 5.41) is 4.81. The van der Waals surface area contributed by atoms with Crippen LogP contribution in [0.15, 0.2) is 24.3 Å². The van der Waals surface area contributed by atoms with E-state index in [1.54, 1.807) is 0 Å². The molecule has 92 valence electrons. The third-order valence-corrected chi connectivity index (χ3v) is 4.87. The van der Waals surface area contributed by atoms with Crippen LogP contribution in [0.1, 0.15) is 28.3 Å². The Kier molecular flexibility index (Phi) is 2.49. The number of hydrogen-bond acceptors (Lipinski definition) is 3. The van der Waals surface area contributed by atoms with Gasteiger partial charge in [-0.05, 0) is 31.2 Å². The van der Waals surface area contributed by atoms with E-state index >= 15 is 0 Å². The summed E-state index contributed by atoms with van der Waals surface area (Å²) in [6.45, 7) is 0.949. The highest BCUT2D eigenvalue weighted by atomic mass is 32.1. The predicted molar refractivity (Wildman–Crippen MR) is 74.8 cm³/mol. The molecule has 0 aliphatic heterocycles. The fourth-order valence-corrected chi connectivity index (χ4v) is 3.63. The van der Waals surface area contributed by atoms with E-state index in [2.05, 4.69) is 29.6 Å². The fraction of sp³-hybridized carbons (Fsp3) is 0.400. The molecule has 2 aliphatic rings. The summed E-state index contributed by atoms with van der Waals surface area (Å²) in [6, 6.07) is 9.46. The maximum atomic E-state index is 4.85. The predicted octanol–water partition coefficient (Wildman–Crippen LogP) is 3.16. The molecule has 0 atom stereocenters. The van der Waals surface area contributed by atoms with Crippen molar-refractivity contribution < 1.29 is 0 Å². The van der Waals surface area contributed by atoms with Crippen molar-refractivity contribution in [2.45, 2.75) is 38.3 Å². The lowest BCUT2D eigenvalue weighted by Gasteiger charge is -2.13. The monoisotopic (exact) mass is 256 g/mol. The second-order valence-electron chi connectivity index (χ2n) is 5.19. The number of rotatable bonds is 3. The molecule has 1 N–H and O–H groups in total. The van der Waals surface area contributed by atoms with Gasteiger partial charge >= 0.3 is 0 Å². The van der Waals surface area contributed by atoms with Crippen LogP contribution in [0, 0.1) is 0 Å². The number of nitrogens with zero attached hydrogens (tertiary/aromatic N) is 1. The largest absolute Gasteiger partial charge is 0.308 e. The van der Waals surface area contributed by atoms with Gasteiger partial charge in [0.15, 0.2) is 0 Å². The highest BCUT2D eigenvalue weighted by molar-refractivity contribution is 7.12. The minimum atomic E-state index is 0.762. The minimum Gasteiger partial charge on any atom is -0.308 e. The average Bonchev–Trinajstić information content (AvgIpc) is 3.14. The van der Waals surface area contributed by atoms with Crippen LogP contribution in [0.25, 0.3) is 11.3 Å². The second kappa shape index (κ2) is 4.18. The molecule has 2 nitrogen and oxygen atoms in total. The normalized spacial score (nSPS) is 17.3. The molecule has 0 amide bonds. The molecule has 2 aliphatic carbocycles. The number of hydrogen-bond donors (Lipinski definition) is 1. The number of thiazole rings is 1. The van der Waals surface area contributed by atoms with Crippen LogP contribution in [0.3, 0.4) is 0 Å². The molecule has 1 fully saturated rings. The Balaban J connectivity index is 1.66. The zero-order chi connectivity index (χ0) is 11.9. The Morgan fingerprint density at radius 2 is 2.11 bits per heavy atom. The second-order valence-corrected chi connectivity index (χ2v) is 6.36. The van der Waals surface area contributed by atoms with Gasteiger partial charge in [0.05, 0.1) is 5.69 Å². The molecule has 18 heavy (non-hydrogen) atoms.